The molecule has 0 radical (unpaired) electrons. The number of rotatable bonds is 6. The van der Waals surface area contributed by atoms with Crippen LogP contribution in [0.15, 0.2) is 12.5 Å². The van der Waals surface area contributed by atoms with Gasteiger partial charge in [0, 0.05) is 24.5 Å². The molecule has 0 spiro atoms. The molecule has 7 heteroatoms. The van der Waals surface area contributed by atoms with Gasteiger partial charge in [0.15, 0.2) is 0 Å². The van der Waals surface area contributed by atoms with Crippen molar-refractivity contribution in [2.75, 3.05) is 6.54 Å². The third-order valence-corrected chi connectivity index (χ3v) is 2.76. The van der Waals surface area contributed by atoms with Crippen molar-refractivity contribution in [3.05, 3.63) is 18.2 Å². The maximum atomic E-state index is 8.71. The van der Waals surface area contributed by atoms with Gasteiger partial charge in [0.1, 0.15) is 0 Å². The van der Waals surface area contributed by atoms with Crippen LogP contribution in [0.3, 0.4) is 0 Å². The smallest absolute Gasteiger partial charge is 0.390 e. The van der Waals surface area contributed by atoms with Crippen LogP contribution in [0.1, 0.15) is 12.1 Å². The van der Waals surface area contributed by atoms with Crippen molar-refractivity contribution >= 4 is 8.80 Å². The maximum Gasteiger partial charge on any atom is 0.492 e. The van der Waals surface area contributed by atoms with Crippen molar-refractivity contribution in [3.63, 3.8) is 0 Å². The quantitative estimate of drug-likeness (QED) is 0.304. The van der Waals surface area contributed by atoms with Gasteiger partial charge in [-0.2, -0.15) is 0 Å². The van der Waals surface area contributed by atoms with Crippen LogP contribution < -0.4 is 5.32 Å². The number of aromatic amines is 1. The minimum atomic E-state index is -3.83. The molecule has 0 saturated carbocycles. The van der Waals surface area contributed by atoms with E-state index in [4.69, 9.17) is 14.4 Å². The molecule has 0 aromatic carbocycles. The van der Waals surface area contributed by atoms with Crippen molar-refractivity contribution in [3.8, 4) is 0 Å². The molecule has 0 aliphatic carbocycles. The molecule has 0 saturated heterocycles. The lowest BCUT2D eigenvalue weighted by Crippen LogP contribution is -2.35. The van der Waals surface area contributed by atoms with Gasteiger partial charge in [-0.25, -0.2) is 4.98 Å². The van der Waals surface area contributed by atoms with E-state index in [2.05, 4.69) is 15.3 Å². The number of imidazole rings is 1. The van der Waals surface area contributed by atoms with Crippen LogP contribution in [-0.2, 0) is 6.54 Å². The Morgan fingerprint density at radius 3 is 2.79 bits per heavy atom. The van der Waals surface area contributed by atoms with Gasteiger partial charge in [-0.15, -0.1) is 0 Å². The zero-order valence-electron chi connectivity index (χ0n) is 7.77. The van der Waals surface area contributed by atoms with Crippen LogP contribution in [0.4, 0.5) is 0 Å². The zero-order chi connectivity index (χ0) is 10.4. The molecule has 1 aromatic rings. The highest BCUT2D eigenvalue weighted by molar-refractivity contribution is 6.56. The Bertz CT molecular complexity index is 247. The van der Waals surface area contributed by atoms with Crippen molar-refractivity contribution in [2.45, 2.75) is 19.0 Å². The Kier molecular flexibility index (Phi) is 4.23. The molecule has 1 rings (SSSR count). The average Bonchev–Trinajstić information content (AvgIpc) is 2.54. The number of nitrogens with one attached hydrogen (secondary N) is 2. The topological polar surface area (TPSA) is 101 Å². The monoisotopic (exact) mass is 217 g/mol. The molecule has 0 aliphatic heterocycles. The van der Waals surface area contributed by atoms with Crippen LogP contribution >= 0.6 is 0 Å². The third kappa shape index (κ3) is 5.10. The number of nitrogens with zero attached hydrogens (tertiary/aromatic N) is 1. The fraction of sp³-hybridized carbons (Fsp3) is 0.571. The highest BCUT2D eigenvalue weighted by atomic mass is 28.4. The van der Waals surface area contributed by atoms with E-state index in [0.29, 0.717) is 19.5 Å². The van der Waals surface area contributed by atoms with E-state index in [1.807, 2.05) is 0 Å². The molecule has 0 unspecified atom stereocenters. The van der Waals surface area contributed by atoms with Crippen molar-refractivity contribution in [1.82, 2.24) is 15.3 Å². The molecular weight excluding hydrogens is 202 g/mol. The Balaban J connectivity index is 2.00. The summed E-state index contributed by atoms with van der Waals surface area (Å²) < 4.78 is 0. The van der Waals surface area contributed by atoms with E-state index in [-0.39, 0.29) is 6.04 Å². The summed E-state index contributed by atoms with van der Waals surface area (Å²) in [7, 11) is -3.83. The van der Waals surface area contributed by atoms with Gasteiger partial charge in [0.25, 0.3) is 0 Å². The van der Waals surface area contributed by atoms with Gasteiger partial charge in [-0.1, -0.05) is 0 Å². The minimum absolute atomic E-state index is 0.0724. The van der Waals surface area contributed by atoms with Crippen molar-refractivity contribution < 1.29 is 14.4 Å². The molecule has 80 valence electrons. The summed E-state index contributed by atoms with van der Waals surface area (Å²) in [6, 6.07) is 0.0724. The van der Waals surface area contributed by atoms with Crippen LogP contribution in [0.2, 0.25) is 6.04 Å². The lowest BCUT2D eigenvalue weighted by atomic mass is 10.4. The first-order chi connectivity index (χ1) is 6.58. The lowest BCUT2D eigenvalue weighted by Gasteiger charge is -2.08. The summed E-state index contributed by atoms with van der Waals surface area (Å²) in [4.78, 5) is 32.9. The lowest BCUT2D eigenvalue weighted by molar-refractivity contribution is 0.226. The normalized spacial score (nSPS) is 11.9. The summed E-state index contributed by atoms with van der Waals surface area (Å²) in [5, 5.41) is 3.08. The van der Waals surface area contributed by atoms with E-state index in [0.717, 1.165) is 5.69 Å². The third-order valence-electron chi connectivity index (χ3n) is 1.74. The Hall–Kier alpha value is -0.733. The number of hydrogen-bond donors (Lipinski definition) is 5. The molecule has 1 aromatic heterocycles. The Morgan fingerprint density at radius 1 is 1.43 bits per heavy atom. The minimum Gasteiger partial charge on any atom is -0.390 e. The fourth-order valence-electron chi connectivity index (χ4n) is 1.05. The van der Waals surface area contributed by atoms with Crippen LogP contribution in [0.5, 0.6) is 0 Å². The van der Waals surface area contributed by atoms with E-state index >= 15 is 0 Å². The molecular formula is C7H15N3O3Si. The standard InChI is InChI=1S/C7H15N3O3Si/c11-14(12,13)3-1-2-8-4-7-5-9-6-10-7/h5-6,8,11-13H,1-4H2,(H,9,10). The SMILES string of the molecule is O[Si](O)(O)CCCNCc1cnc[nH]1. The molecule has 0 fully saturated rings. The molecule has 1 heterocycles. The largest absolute Gasteiger partial charge is 0.492 e. The highest BCUT2D eigenvalue weighted by Crippen LogP contribution is 1.99. The second kappa shape index (κ2) is 5.22. The molecule has 0 atom stereocenters. The first-order valence-electron chi connectivity index (χ1n) is 4.43. The van der Waals surface area contributed by atoms with Gasteiger partial charge in [-0.05, 0) is 13.0 Å². The van der Waals surface area contributed by atoms with E-state index < -0.39 is 8.80 Å². The molecule has 0 aliphatic rings. The number of hydrogen-bond acceptors (Lipinski definition) is 5. The molecule has 0 bridgehead atoms. The second-order valence-electron chi connectivity index (χ2n) is 3.13. The van der Waals surface area contributed by atoms with Crippen molar-refractivity contribution in [2.24, 2.45) is 0 Å². The van der Waals surface area contributed by atoms with Crippen molar-refractivity contribution in [1.29, 1.82) is 0 Å². The number of H-pyrrole nitrogens is 1. The van der Waals surface area contributed by atoms with Crippen LogP contribution in [-0.4, -0.2) is 39.7 Å². The highest BCUT2D eigenvalue weighted by Gasteiger charge is 2.25. The first-order valence-corrected chi connectivity index (χ1v) is 6.48. The Labute approximate surface area is 83.0 Å². The van der Waals surface area contributed by atoms with E-state index in [9.17, 15) is 0 Å². The molecule has 0 amide bonds. The van der Waals surface area contributed by atoms with Gasteiger partial charge in [-0.3, -0.25) is 0 Å². The number of aromatic nitrogens is 2. The van der Waals surface area contributed by atoms with Gasteiger partial charge in [0.05, 0.1) is 6.33 Å². The molecule has 5 N–H and O–H groups in total. The van der Waals surface area contributed by atoms with Gasteiger partial charge in [0.2, 0.25) is 0 Å². The zero-order valence-corrected chi connectivity index (χ0v) is 8.77. The van der Waals surface area contributed by atoms with E-state index in [1.165, 1.54) is 0 Å². The first kappa shape index (κ1) is 11.3. The fourth-order valence-corrected chi connectivity index (χ4v) is 1.71. The Morgan fingerprint density at radius 2 is 2.21 bits per heavy atom. The predicted molar refractivity (Wildman–Crippen MR) is 52.1 cm³/mol. The molecule has 14 heavy (non-hydrogen) atoms. The van der Waals surface area contributed by atoms with Gasteiger partial charge < -0.3 is 24.7 Å². The average molecular weight is 217 g/mol. The summed E-state index contributed by atoms with van der Waals surface area (Å²) >= 11 is 0. The summed E-state index contributed by atoms with van der Waals surface area (Å²) in [6.07, 6.45) is 3.87. The maximum absolute atomic E-state index is 8.71. The summed E-state index contributed by atoms with van der Waals surface area (Å²) in [5.74, 6) is 0. The van der Waals surface area contributed by atoms with Crippen LogP contribution in [0, 0.1) is 0 Å². The second-order valence-corrected chi connectivity index (χ2v) is 5.18. The molecule has 6 nitrogen and oxygen atoms in total. The van der Waals surface area contributed by atoms with E-state index in [1.54, 1.807) is 12.5 Å². The summed E-state index contributed by atoms with van der Waals surface area (Å²) in [5.41, 5.74) is 0.977. The summed E-state index contributed by atoms with van der Waals surface area (Å²) in [6.45, 7) is 1.30. The van der Waals surface area contributed by atoms with Gasteiger partial charge >= 0.3 is 8.80 Å². The predicted octanol–water partition coefficient (Wildman–Crippen LogP) is -1.19. The van der Waals surface area contributed by atoms with Crippen LogP contribution in [0.25, 0.3) is 0 Å².